The molecule has 1 aromatic heterocycles. The number of hydrogen-bond acceptors (Lipinski definition) is 5. The molecule has 9 heteroatoms. The molecule has 0 spiro atoms. The standard InChI is InChI=1S/C12H18N4O4S/c1-14-9(3-4-13-14)12(17)15-7-10-11(8-15)20-6-5-16(10)21(2,18)19/h3-4,10-11H,5-8H2,1-2H3/t10-,11+/m1/s1. The number of carbonyl (C=O) groups excluding carboxylic acids is 1. The van der Waals surface area contributed by atoms with Crippen molar-refractivity contribution >= 4 is 15.9 Å². The molecule has 2 saturated heterocycles. The summed E-state index contributed by atoms with van der Waals surface area (Å²) in [5.74, 6) is -0.151. The van der Waals surface area contributed by atoms with Gasteiger partial charge in [-0.2, -0.15) is 9.40 Å². The second-order valence-corrected chi connectivity index (χ2v) is 7.34. The molecule has 2 aliphatic heterocycles. The summed E-state index contributed by atoms with van der Waals surface area (Å²) in [6.07, 6.45) is 2.50. The minimum atomic E-state index is -3.29. The van der Waals surface area contributed by atoms with Gasteiger partial charge >= 0.3 is 0 Å². The number of morpholine rings is 1. The van der Waals surface area contributed by atoms with Crippen LogP contribution in [0, 0.1) is 0 Å². The Bertz CT molecular complexity index is 656. The number of hydrogen-bond donors (Lipinski definition) is 0. The highest BCUT2D eigenvalue weighted by atomic mass is 32.2. The maximum atomic E-state index is 12.5. The molecule has 0 unspecified atom stereocenters. The molecule has 0 bridgehead atoms. The fourth-order valence-electron chi connectivity index (χ4n) is 2.98. The molecule has 0 N–H and O–H groups in total. The molecule has 0 saturated carbocycles. The molecule has 2 fully saturated rings. The summed E-state index contributed by atoms with van der Waals surface area (Å²) in [6.45, 7) is 1.46. The summed E-state index contributed by atoms with van der Waals surface area (Å²) < 4.78 is 32.3. The van der Waals surface area contributed by atoms with Gasteiger partial charge in [0.15, 0.2) is 0 Å². The Morgan fingerprint density at radius 2 is 2.19 bits per heavy atom. The van der Waals surface area contributed by atoms with Crippen molar-refractivity contribution in [2.75, 3.05) is 32.5 Å². The van der Waals surface area contributed by atoms with E-state index >= 15 is 0 Å². The smallest absolute Gasteiger partial charge is 0.272 e. The maximum Gasteiger partial charge on any atom is 0.272 e. The molecule has 0 radical (unpaired) electrons. The number of aromatic nitrogens is 2. The van der Waals surface area contributed by atoms with E-state index in [2.05, 4.69) is 5.10 Å². The molecular formula is C12H18N4O4S. The number of aryl methyl sites for hydroxylation is 1. The number of sulfonamides is 1. The lowest BCUT2D eigenvalue weighted by Gasteiger charge is -2.34. The molecule has 1 aromatic rings. The van der Waals surface area contributed by atoms with Gasteiger partial charge < -0.3 is 9.64 Å². The first-order chi connectivity index (χ1) is 9.88. The SMILES string of the molecule is Cn1nccc1C(=O)N1C[C@@H]2OCCN(S(C)(=O)=O)[C@@H]2C1. The van der Waals surface area contributed by atoms with Crippen molar-refractivity contribution in [2.24, 2.45) is 7.05 Å². The zero-order chi connectivity index (χ0) is 15.2. The Morgan fingerprint density at radius 3 is 2.81 bits per heavy atom. The third-order valence-corrected chi connectivity index (χ3v) is 5.31. The lowest BCUT2D eigenvalue weighted by atomic mass is 10.2. The van der Waals surface area contributed by atoms with Gasteiger partial charge in [0.2, 0.25) is 10.0 Å². The van der Waals surface area contributed by atoms with E-state index in [0.717, 1.165) is 0 Å². The van der Waals surface area contributed by atoms with Crippen LogP contribution < -0.4 is 0 Å². The first-order valence-electron chi connectivity index (χ1n) is 6.73. The number of nitrogens with zero attached hydrogens (tertiary/aromatic N) is 4. The Balaban J connectivity index is 1.81. The number of ether oxygens (including phenoxy) is 1. The summed E-state index contributed by atoms with van der Waals surface area (Å²) in [5, 5.41) is 3.99. The van der Waals surface area contributed by atoms with Crippen molar-refractivity contribution in [2.45, 2.75) is 12.1 Å². The first-order valence-corrected chi connectivity index (χ1v) is 8.58. The van der Waals surface area contributed by atoms with E-state index in [4.69, 9.17) is 4.74 Å². The van der Waals surface area contributed by atoms with E-state index in [1.807, 2.05) is 0 Å². The van der Waals surface area contributed by atoms with Crippen molar-refractivity contribution in [3.63, 3.8) is 0 Å². The molecule has 0 aliphatic carbocycles. The monoisotopic (exact) mass is 314 g/mol. The van der Waals surface area contributed by atoms with E-state index in [-0.39, 0.29) is 18.1 Å². The summed E-state index contributed by atoms with van der Waals surface area (Å²) >= 11 is 0. The predicted octanol–water partition coefficient (Wildman–Crippen LogP) is -1.10. The number of carbonyl (C=O) groups is 1. The fourth-order valence-corrected chi connectivity index (χ4v) is 4.08. The molecule has 21 heavy (non-hydrogen) atoms. The zero-order valence-electron chi connectivity index (χ0n) is 12.0. The predicted molar refractivity (Wildman–Crippen MR) is 74.2 cm³/mol. The molecule has 1 amide bonds. The minimum Gasteiger partial charge on any atom is -0.373 e. The van der Waals surface area contributed by atoms with Crippen molar-refractivity contribution in [1.29, 1.82) is 0 Å². The van der Waals surface area contributed by atoms with Gasteiger partial charge in [0, 0.05) is 32.9 Å². The molecule has 3 rings (SSSR count). The number of likely N-dealkylation sites (tertiary alicyclic amines) is 1. The van der Waals surface area contributed by atoms with E-state index in [1.165, 1.54) is 15.2 Å². The Kier molecular flexibility index (Phi) is 3.50. The van der Waals surface area contributed by atoms with Crippen LogP contribution in [-0.4, -0.2) is 78.0 Å². The average Bonchev–Trinajstić information content (AvgIpc) is 3.01. The highest BCUT2D eigenvalue weighted by Gasteiger charge is 2.45. The van der Waals surface area contributed by atoms with Crippen molar-refractivity contribution in [3.05, 3.63) is 18.0 Å². The average molecular weight is 314 g/mol. The Hall–Kier alpha value is -1.45. The van der Waals surface area contributed by atoms with Crippen LogP contribution in [0.25, 0.3) is 0 Å². The minimum absolute atomic E-state index is 0.151. The van der Waals surface area contributed by atoms with Gasteiger partial charge in [0.1, 0.15) is 5.69 Å². The summed E-state index contributed by atoms with van der Waals surface area (Å²) in [5.41, 5.74) is 0.486. The molecule has 8 nitrogen and oxygen atoms in total. The second kappa shape index (κ2) is 5.08. The topological polar surface area (TPSA) is 84.7 Å². The van der Waals surface area contributed by atoms with Crippen LogP contribution in [0.15, 0.2) is 12.3 Å². The molecule has 0 aromatic carbocycles. The molecule has 2 aliphatic rings. The third-order valence-electron chi connectivity index (χ3n) is 4.00. The number of amides is 1. The second-order valence-electron chi connectivity index (χ2n) is 5.40. The van der Waals surface area contributed by atoms with Gasteiger partial charge in [0.25, 0.3) is 5.91 Å². The van der Waals surface area contributed by atoms with Crippen LogP contribution in [0.4, 0.5) is 0 Å². The van der Waals surface area contributed by atoms with Gasteiger partial charge in [-0.3, -0.25) is 9.48 Å². The van der Waals surface area contributed by atoms with Gasteiger partial charge in [-0.1, -0.05) is 0 Å². The zero-order valence-corrected chi connectivity index (χ0v) is 12.8. The van der Waals surface area contributed by atoms with Gasteiger partial charge in [-0.05, 0) is 6.07 Å². The lowest BCUT2D eigenvalue weighted by Crippen LogP contribution is -2.52. The fraction of sp³-hybridized carbons (Fsp3) is 0.667. The Morgan fingerprint density at radius 1 is 1.43 bits per heavy atom. The quantitative estimate of drug-likeness (QED) is 0.692. The van der Waals surface area contributed by atoms with Crippen LogP contribution in [0.5, 0.6) is 0 Å². The summed E-state index contributed by atoms with van der Waals surface area (Å²) in [6, 6.07) is 1.35. The van der Waals surface area contributed by atoms with E-state index in [0.29, 0.717) is 31.9 Å². The molecule has 3 heterocycles. The molecular weight excluding hydrogens is 296 g/mol. The van der Waals surface area contributed by atoms with Crippen molar-refractivity contribution in [3.8, 4) is 0 Å². The van der Waals surface area contributed by atoms with E-state index in [1.54, 1.807) is 24.2 Å². The van der Waals surface area contributed by atoms with Gasteiger partial charge in [0.05, 0.1) is 25.0 Å². The highest BCUT2D eigenvalue weighted by Crippen LogP contribution is 2.25. The normalized spacial score (nSPS) is 26.9. The van der Waals surface area contributed by atoms with Crippen LogP contribution >= 0.6 is 0 Å². The highest BCUT2D eigenvalue weighted by molar-refractivity contribution is 7.88. The van der Waals surface area contributed by atoms with Gasteiger partial charge in [-0.15, -0.1) is 0 Å². The lowest BCUT2D eigenvalue weighted by molar-refractivity contribution is -0.0157. The van der Waals surface area contributed by atoms with Crippen molar-refractivity contribution < 1.29 is 17.9 Å². The van der Waals surface area contributed by atoms with Crippen LogP contribution in [0.2, 0.25) is 0 Å². The largest absolute Gasteiger partial charge is 0.373 e. The third kappa shape index (κ3) is 2.56. The summed E-state index contributed by atoms with van der Waals surface area (Å²) in [7, 11) is -1.59. The van der Waals surface area contributed by atoms with Crippen molar-refractivity contribution in [1.82, 2.24) is 19.0 Å². The number of fused-ring (bicyclic) bond motifs is 1. The first kappa shape index (κ1) is 14.5. The van der Waals surface area contributed by atoms with Crippen LogP contribution in [0.3, 0.4) is 0 Å². The Labute approximate surface area is 123 Å². The van der Waals surface area contributed by atoms with E-state index < -0.39 is 10.0 Å². The summed E-state index contributed by atoms with van der Waals surface area (Å²) in [4.78, 5) is 14.1. The van der Waals surface area contributed by atoms with E-state index in [9.17, 15) is 13.2 Å². The maximum absolute atomic E-state index is 12.5. The number of rotatable bonds is 2. The molecule has 2 atom stereocenters. The molecule has 116 valence electrons. The van der Waals surface area contributed by atoms with Crippen LogP contribution in [-0.2, 0) is 21.8 Å². The van der Waals surface area contributed by atoms with Gasteiger partial charge in [-0.25, -0.2) is 8.42 Å². The van der Waals surface area contributed by atoms with Crippen LogP contribution in [0.1, 0.15) is 10.5 Å².